The first-order chi connectivity index (χ1) is 14.9. The SMILES string of the molecule is CC[C@@]1(O)C(=O)OCc2c1cc1n(c2=O)Cc2cc3c(ccc4ccc(N)cc43)nc2-1. The van der Waals surface area contributed by atoms with Crippen LogP contribution >= 0.6 is 0 Å². The number of carbonyl (C=O) groups is 1. The lowest BCUT2D eigenvalue weighted by molar-refractivity contribution is -0.172. The number of rotatable bonds is 1. The number of hydrogen-bond acceptors (Lipinski definition) is 6. The van der Waals surface area contributed by atoms with E-state index in [1.165, 1.54) is 0 Å². The molecule has 0 radical (unpaired) electrons. The molecule has 0 bridgehead atoms. The van der Waals surface area contributed by atoms with Gasteiger partial charge in [0.15, 0.2) is 5.60 Å². The number of nitrogens with zero attached hydrogens (tertiary/aromatic N) is 2. The zero-order valence-electron chi connectivity index (χ0n) is 16.8. The molecular formula is C24H19N3O4. The van der Waals surface area contributed by atoms with Crippen molar-refractivity contribution in [3.63, 3.8) is 0 Å². The Morgan fingerprint density at radius 1 is 1.16 bits per heavy atom. The molecule has 7 heteroatoms. The number of nitrogens with two attached hydrogens (primary N) is 1. The largest absolute Gasteiger partial charge is 0.458 e. The molecule has 0 saturated heterocycles. The highest BCUT2D eigenvalue weighted by Gasteiger charge is 2.45. The Labute approximate surface area is 176 Å². The van der Waals surface area contributed by atoms with Crippen molar-refractivity contribution in [2.45, 2.75) is 32.1 Å². The van der Waals surface area contributed by atoms with Crippen molar-refractivity contribution in [1.82, 2.24) is 9.55 Å². The number of cyclic esters (lactones) is 1. The third-order valence-electron chi connectivity index (χ3n) is 6.53. The third-order valence-corrected chi connectivity index (χ3v) is 6.53. The van der Waals surface area contributed by atoms with Crippen molar-refractivity contribution in [2.24, 2.45) is 0 Å². The normalized spacial score (nSPS) is 19.2. The Kier molecular flexibility index (Phi) is 3.46. The van der Waals surface area contributed by atoms with Gasteiger partial charge in [0.05, 0.1) is 29.0 Å². The first-order valence-corrected chi connectivity index (χ1v) is 10.2. The highest BCUT2D eigenvalue weighted by molar-refractivity contribution is 6.08. The number of nitrogen functional groups attached to an aromatic ring is 1. The predicted octanol–water partition coefficient (Wildman–Crippen LogP) is 2.82. The van der Waals surface area contributed by atoms with E-state index >= 15 is 0 Å². The molecule has 0 spiro atoms. The lowest BCUT2D eigenvalue weighted by atomic mass is 9.86. The molecular weight excluding hydrogens is 394 g/mol. The number of hydrogen-bond donors (Lipinski definition) is 2. The number of carbonyl (C=O) groups excluding carboxylic acids is 1. The monoisotopic (exact) mass is 413 g/mol. The Morgan fingerprint density at radius 2 is 1.97 bits per heavy atom. The molecule has 1 atom stereocenters. The summed E-state index contributed by atoms with van der Waals surface area (Å²) in [6.45, 7) is 1.93. The molecule has 2 aliphatic rings. The number of anilines is 1. The Bertz CT molecular complexity index is 1520. The van der Waals surface area contributed by atoms with Crippen LogP contribution in [0.25, 0.3) is 33.1 Å². The van der Waals surface area contributed by atoms with Gasteiger partial charge in [-0.25, -0.2) is 9.78 Å². The van der Waals surface area contributed by atoms with Crippen molar-refractivity contribution in [3.05, 3.63) is 69.5 Å². The zero-order valence-corrected chi connectivity index (χ0v) is 16.8. The molecule has 0 saturated carbocycles. The first-order valence-electron chi connectivity index (χ1n) is 10.2. The summed E-state index contributed by atoms with van der Waals surface area (Å²) in [5.41, 5.74) is 8.24. The van der Waals surface area contributed by atoms with Gasteiger partial charge in [0.25, 0.3) is 5.56 Å². The van der Waals surface area contributed by atoms with Gasteiger partial charge in [-0.2, -0.15) is 0 Å². The lowest BCUT2D eigenvalue weighted by Gasteiger charge is -2.31. The van der Waals surface area contributed by atoms with Crippen LogP contribution in [0.15, 0.2) is 47.3 Å². The summed E-state index contributed by atoms with van der Waals surface area (Å²) < 4.78 is 6.76. The fourth-order valence-corrected chi connectivity index (χ4v) is 4.80. The van der Waals surface area contributed by atoms with Gasteiger partial charge in [0.1, 0.15) is 6.61 Å². The molecule has 2 aliphatic heterocycles. The maximum atomic E-state index is 13.3. The van der Waals surface area contributed by atoms with Crippen molar-refractivity contribution in [2.75, 3.05) is 5.73 Å². The molecule has 0 fully saturated rings. The van der Waals surface area contributed by atoms with Crippen molar-refractivity contribution < 1.29 is 14.6 Å². The maximum absolute atomic E-state index is 13.3. The van der Waals surface area contributed by atoms with Crippen LogP contribution in [-0.2, 0) is 28.3 Å². The van der Waals surface area contributed by atoms with Gasteiger partial charge in [-0.3, -0.25) is 4.79 Å². The van der Waals surface area contributed by atoms with Gasteiger partial charge in [-0.05, 0) is 47.5 Å². The van der Waals surface area contributed by atoms with Gasteiger partial charge in [0, 0.05) is 22.2 Å². The van der Waals surface area contributed by atoms with Gasteiger partial charge < -0.3 is 20.1 Å². The fraction of sp³-hybridized carbons (Fsp3) is 0.208. The minimum Gasteiger partial charge on any atom is -0.458 e. The fourth-order valence-electron chi connectivity index (χ4n) is 4.80. The molecule has 2 aromatic carbocycles. The molecule has 3 N–H and O–H groups in total. The van der Waals surface area contributed by atoms with E-state index in [1.54, 1.807) is 17.6 Å². The molecule has 154 valence electrons. The summed E-state index contributed by atoms with van der Waals surface area (Å²) in [7, 11) is 0. The van der Waals surface area contributed by atoms with Gasteiger partial charge in [-0.1, -0.05) is 19.1 Å². The maximum Gasteiger partial charge on any atom is 0.343 e. The van der Waals surface area contributed by atoms with Crippen LogP contribution in [0.4, 0.5) is 5.69 Å². The number of fused-ring (bicyclic) bond motifs is 7. The Morgan fingerprint density at radius 3 is 2.77 bits per heavy atom. The van der Waals surface area contributed by atoms with Gasteiger partial charge in [-0.15, -0.1) is 0 Å². The minimum atomic E-state index is -1.82. The second-order valence-corrected chi connectivity index (χ2v) is 8.21. The van der Waals surface area contributed by atoms with E-state index in [-0.39, 0.29) is 18.6 Å². The standard InChI is InChI=1S/C24H19N3O4/c1-2-24(30)18-9-20-21-13(10-27(20)22(28)17(18)11-31-23(24)29)7-16-15-8-14(25)5-3-12(15)4-6-19(16)26-21/h3-9,30H,2,10-11,25H2,1H3/t24-/m0/s1. The number of benzene rings is 2. The van der Waals surface area contributed by atoms with Crippen LogP contribution in [0.3, 0.4) is 0 Å². The highest BCUT2D eigenvalue weighted by atomic mass is 16.6. The molecule has 31 heavy (non-hydrogen) atoms. The van der Waals surface area contributed by atoms with Crippen LogP contribution in [0.2, 0.25) is 0 Å². The van der Waals surface area contributed by atoms with Crippen LogP contribution in [0, 0.1) is 0 Å². The number of ether oxygens (including phenoxy) is 1. The quantitative estimate of drug-likeness (QED) is 0.249. The van der Waals surface area contributed by atoms with Crippen LogP contribution in [-0.4, -0.2) is 20.6 Å². The van der Waals surface area contributed by atoms with Gasteiger partial charge >= 0.3 is 5.97 Å². The predicted molar refractivity (Wildman–Crippen MR) is 116 cm³/mol. The summed E-state index contributed by atoms with van der Waals surface area (Å²) in [5, 5.41) is 14.0. The average molecular weight is 413 g/mol. The molecule has 4 aromatic rings. The number of aromatic nitrogens is 2. The summed E-state index contributed by atoms with van der Waals surface area (Å²) in [6.07, 6.45) is 0.118. The first kappa shape index (κ1) is 18.1. The third kappa shape index (κ3) is 2.29. The number of esters is 1. The van der Waals surface area contributed by atoms with E-state index < -0.39 is 11.6 Å². The van der Waals surface area contributed by atoms with E-state index in [9.17, 15) is 14.7 Å². The molecule has 0 aliphatic carbocycles. The molecule has 6 rings (SSSR count). The Balaban J connectivity index is 1.63. The van der Waals surface area contributed by atoms with Gasteiger partial charge in [0.2, 0.25) is 0 Å². The molecule has 7 nitrogen and oxygen atoms in total. The van der Waals surface area contributed by atoms with E-state index in [2.05, 4.69) is 6.07 Å². The lowest BCUT2D eigenvalue weighted by Crippen LogP contribution is -2.44. The number of pyridine rings is 2. The molecule has 0 amide bonds. The van der Waals surface area contributed by atoms with Crippen molar-refractivity contribution >= 4 is 33.3 Å². The second kappa shape index (κ2) is 5.92. The molecule has 0 unspecified atom stereocenters. The minimum absolute atomic E-state index is 0.118. The topological polar surface area (TPSA) is 107 Å². The Hall–Kier alpha value is -3.71. The smallest absolute Gasteiger partial charge is 0.343 e. The van der Waals surface area contributed by atoms with E-state index in [1.807, 2.05) is 30.3 Å². The van der Waals surface area contributed by atoms with Crippen molar-refractivity contribution in [1.29, 1.82) is 0 Å². The summed E-state index contributed by atoms with van der Waals surface area (Å²) >= 11 is 0. The average Bonchev–Trinajstić information content (AvgIpc) is 3.13. The van der Waals surface area contributed by atoms with E-state index in [4.69, 9.17) is 15.5 Å². The second-order valence-electron chi connectivity index (χ2n) is 8.21. The molecule has 2 aromatic heterocycles. The molecule has 4 heterocycles. The van der Waals surface area contributed by atoms with E-state index in [0.29, 0.717) is 34.7 Å². The zero-order chi connectivity index (χ0) is 21.5. The highest BCUT2D eigenvalue weighted by Crippen LogP contribution is 2.39. The van der Waals surface area contributed by atoms with Crippen LogP contribution < -0.4 is 11.3 Å². The van der Waals surface area contributed by atoms with Crippen molar-refractivity contribution in [3.8, 4) is 11.4 Å². The van der Waals surface area contributed by atoms with Crippen LogP contribution in [0.5, 0.6) is 0 Å². The summed E-state index contributed by atoms with van der Waals surface area (Å²) in [4.78, 5) is 30.4. The summed E-state index contributed by atoms with van der Waals surface area (Å²) in [6, 6.07) is 13.5. The summed E-state index contributed by atoms with van der Waals surface area (Å²) in [5.74, 6) is -0.722. The van der Waals surface area contributed by atoms with E-state index in [0.717, 1.165) is 27.2 Å². The van der Waals surface area contributed by atoms with Crippen LogP contribution in [0.1, 0.15) is 30.0 Å². The number of aliphatic hydroxyl groups is 1.